The molecule has 122 valence electrons. The molecule has 1 fully saturated rings. The molecule has 1 amide bonds. The molecule has 2 heterocycles. The minimum absolute atomic E-state index is 0.0861. The van der Waals surface area contributed by atoms with E-state index in [1.165, 1.54) is 0 Å². The van der Waals surface area contributed by atoms with Gasteiger partial charge >= 0.3 is 5.97 Å². The van der Waals surface area contributed by atoms with E-state index in [1.807, 2.05) is 18.2 Å². The fourth-order valence-corrected chi connectivity index (χ4v) is 3.84. The number of halogens is 1. The molecule has 0 radical (unpaired) electrons. The molecule has 0 aromatic heterocycles. The van der Waals surface area contributed by atoms with Crippen molar-refractivity contribution in [2.75, 3.05) is 13.1 Å². The van der Waals surface area contributed by atoms with Crippen LogP contribution in [0, 0.1) is 0 Å². The zero-order chi connectivity index (χ0) is 16.7. The number of amides is 1. The van der Waals surface area contributed by atoms with Crippen LogP contribution < -0.4 is 0 Å². The Labute approximate surface area is 145 Å². The summed E-state index contributed by atoms with van der Waals surface area (Å²) in [7, 11) is 0. The molecule has 2 aliphatic heterocycles. The van der Waals surface area contributed by atoms with Crippen molar-refractivity contribution in [3.05, 3.63) is 70.2 Å². The quantitative estimate of drug-likeness (QED) is 0.744. The lowest BCUT2D eigenvalue weighted by atomic mass is 9.85. The highest BCUT2D eigenvalue weighted by molar-refractivity contribution is 6.30. The van der Waals surface area contributed by atoms with Crippen molar-refractivity contribution in [2.45, 2.75) is 18.4 Å². The highest BCUT2D eigenvalue weighted by Crippen LogP contribution is 2.43. The van der Waals surface area contributed by atoms with Gasteiger partial charge in [-0.25, -0.2) is 4.79 Å². The van der Waals surface area contributed by atoms with Gasteiger partial charge in [-0.2, -0.15) is 0 Å². The van der Waals surface area contributed by atoms with E-state index in [-0.39, 0.29) is 11.9 Å². The van der Waals surface area contributed by atoms with Gasteiger partial charge in [0.1, 0.15) is 0 Å². The van der Waals surface area contributed by atoms with E-state index in [2.05, 4.69) is 0 Å². The van der Waals surface area contributed by atoms with Gasteiger partial charge in [-0.1, -0.05) is 35.9 Å². The number of rotatable bonds is 1. The Kier molecular flexibility index (Phi) is 3.57. The van der Waals surface area contributed by atoms with Crippen LogP contribution in [0.2, 0.25) is 5.02 Å². The summed E-state index contributed by atoms with van der Waals surface area (Å²) >= 11 is 5.99. The zero-order valence-corrected chi connectivity index (χ0v) is 13.8. The summed E-state index contributed by atoms with van der Waals surface area (Å²) in [5.74, 6) is -0.389. The van der Waals surface area contributed by atoms with Crippen LogP contribution in [0.4, 0.5) is 0 Å². The summed E-state index contributed by atoms with van der Waals surface area (Å²) in [6, 6.07) is 14.4. The van der Waals surface area contributed by atoms with Crippen molar-refractivity contribution in [3.8, 4) is 0 Å². The summed E-state index contributed by atoms with van der Waals surface area (Å²) in [5, 5.41) is 0.533. The number of ether oxygens (including phenoxy) is 1. The Morgan fingerprint density at radius 3 is 2.83 bits per heavy atom. The monoisotopic (exact) mass is 341 g/mol. The third-order valence-electron chi connectivity index (χ3n) is 4.74. The zero-order valence-electron chi connectivity index (χ0n) is 13.0. The number of esters is 1. The summed E-state index contributed by atoms with van der Waals surface area (Å²) in [6.07, 6.45) is 1.52. The number of piperidine rings is 1. The molecule has 0 saturated carbocycles. The van der Waals surface area contributed by atoms with E-state index in [4.69, 9.17) is 16.3 Å². The number of likely N-dealkylation sites (tertiary alicyclic amines) is 1. The fourth-order valence-electron chi connectivity index (χ4n) is 3.65. The highest BCUT2D eigenvalue weighted by atomic mass is 35.5. The van der Waals surface area contributed by atoms with Crippen molar-refractivity contribution in [1.82, 2.24) is 4.90 Å². The fraction of sp³-hybridized carbons (Fsp3) is 0.263. The van der Waals surface area contributed by atoms with Crippen molar-refractivity contribution in [3.63, 3.8) is 0 Å². The summed E-state index contributed by atoms with van der Waals surface area (Å²) in [6.45, 7) is 1.02. The van der Waals surface area contributed by atoms with Gasteiger partial charge < -0.3 is 9.64 Å². The molecule has 0 N–H and O–H groups in total. The molecule has 4 nitrogen and oxygen atoms in total. The molecule has 1 saturated heterocycles. The predicted octanol–water partition coefficient (Wildman–Crippen LogP) is 3.64. The second-order valence-electron chi connectivity index (χ2n) is 6.27. The SMILES string of the molecule is O=C1O[C@@]2(CCCN(C(=O)c3cccc(Cl)c3)C2)c2ccccc21. The molecule has 0 aliphatic carbocycles. The lowest BCUT2D eigenvalue weighted by molar-refractivity contribution is -0.0442. The molecule has 1 atom stereocenters. The minimum Gasteiger partial charge on any atom is -0.449 e. The molecule has 5 heteroatoms. The van der Waals surface area contributed by atoms with Crippen LogP contribution in [-0.2, 0) is 10.3 Å². The summed E-state index contributed by atoms with van der Waals surface area (Å²) < 4.78 is 5.74. The van der Waals surface area contributed by atoms with Gasteiger partial charge in [0.25, 0.3) is 5.91 Å². The Hall–Kier alpha value is -2.33. The maximum atomic E-state index is 12.8. The van der Waals surface area contributed by atoms with Gasteiger partial charge in [-0.05, 0) is 37.1 Å². The second kappa shape index (κ2) is 5.64. The first-order valence-electron chi connectivity index (χ1n) is 7.97. The van der Waals surface area contributed by atoms with Crippen molar-refractivity contribution >= 4 is 23.5 Å². The molecule has 2 aromatic rings. The number of nitrogens with zero attached hydrogens (tertiary/aromatic N) is 1. The van der Waals surface area contributed by atoms with Gasteiger partial charge in [-0.15, -0.1) is 0 Å². The van der Waals surface area contributed by atoms with Gasteiger partial charge in [0.2, 0.25) is 0 Å². The standard InChI is InChI=1S/C19H16ClNO3/c20-14-6-3-5-13(11-14)17(22)21-10-4-9-19(12-21)16-8-2-1-7-15(16)18(23)24-19/h1-3,5-8,11H,4,9-10,12H2/t19-/m1/s1. The molecule has 24 heavy (non-hydrogen) atoms. The average Bonchev–Trinajstić information content (AvgIpc) is 2.86. The number of hydrogen-bond donors (Lipinski definition) is 0. The first-order valence-corrected chi connectivity index (χ1v) is 8.35. The van der Waals surface area contributed by atoms with Gasteiger partial charge in [0.15, 0.2) is 5.60 Å². The summed E-state index contributed by atoms with van der Waals surface area (Å²) in [5.41, 5.74) is 1.32. The van der Waals surface area contributed by atoms with Crippen LogP contribution in [0.5, 0.6) is 0 Å². The number of hydrogen-bond acceptors (Lipinski definition) is 3. The smallest absolute Gasteiger partial charge is 0.339 e. The van der Waals surface area contributed by atoms with E-state index in [9.17, 15) is 9.59 Å². The van der Waals surface area contributed by atoms with Crippen LogP contribution in [0.1, 0.15) is 39.1 Å². The van der Waals surface area contributed by atoms with E-state index in [0.29, 0.717) is 29.2 Å². The third kappa shape index (κ3) is 2.38. The van der Waals surface area contributed by atoms with Crippen molar-refractivity contribution in [1.29, 1.82) is 0 Å². The molecule has 4 rings (SSSR count). The molecule has 2 aliphatic rings. The van der Waals surface area contributed by atoms with E-state index >= 15 is 0 Å². The number of carbonyl (C=O) groups is 2. The van der Waals surface area contributed by atoms with Crippen LogP contribution >= 0.6 is 11.6 Å². The van der Waals surface area contributed by atoms with Crippen LogP contribution in [0.3, 0.4) is 0 Å². The summed E-state index contributed by atoms with van der Waals surface area (Å²) in [4.78, 5) is 26.8. The Morgan fingerprint density at radius 2 is 2.00 bits per heavy atom. The van der Waals surface area contributed by atoms with E-state index in [1.54, 1.807) is 35.2 Å². The molecule has 1 spiro atoms. The second-order valence-corrected chi connectivity index (χ2v) is 6.71. The Morgan fingerprint density at radius 1 is 1.17 bits per heavy atom. The highest BCUT2D eigenvalue weighted by Gasteiger charge is 2.48. The topological polar surface area (TPSA) is 46.6 Å². The van der Waals surface area contributed by atoms with Crippen LogP contribution in [-0.4, -0.2) is 29.9 Å². The molecular weight excluding hydrogens is 326 g/mol. The van der Waals surface area contributed by atoms with Gasteiger partial charge in [-0.3, -0.25) is 4.79 Å². The lowest BCUT2D eigenvalue weighted by Crippen LogP contribution is -2.48. The number of benzene rings is 2. The van der Waals surface area contributed by atoms with Crippen LogP contribution in [0.15, 0.2) is 48.5 Å². The normalized spacial score (nSPS) is 22.4. The molecular formula is C19H16ClNO3. The maximum absolute atomic E-state index is 12.8. The predicted molar refractivity (Wildman–Crippen MR) is 90.1 cm³/mol. The minimum atomic E-state index is -0.722. The first-order chi connectivity index (χ1) is 11.6. The van der Waals surface area contributed by atoms with E-state index in [0.717, 1.165) is 18.4 Å². The Balaban J connectivity index is 1.65. The third-order valence-corrected chi connectivity index (χ3v) is 4.97. The van der Waals surface area contributed by atoms with Crippen LogP contribution in [0.25, 0.3) is 0 Å². The van der Waals surface area contributed by atoms with Crippen molar-refractivity contribution in [2.24, 2.45) is 0 Å². The first kappa shape index (κ1) is 15.2. The van der Waals surface area contributed by atoms with Gasteiger partial charge in [0, 0.05) is 22.7 Å². The van der Waals surface area contributed by atoms with E-state index < -0.39 is 5.60 Å². The molecule has 0 bridgehead atoms. The number of carbonyl (C=O) groups excluding carboxylic acids is 2. The lowest BCUT2D eigenvalue weighted by Gasteiger charge is -2.39. The number of fused-ring (bicyclic) bond motifs is 2. The maximum Gasteiger partial charge on any atom is 0.339 e. The molecule has 2 aromatic carbocycles. The largest absolute Gasteiger partial charge is 0.449 e. The van der Waals surface area contributed by atoms with Gasteiger partial charge in [0.05, 0.1) is 12.1 Å². The molecule has 0 unspecified atom stereocenters. The Bertz CT molecular complexity index is 835. The average molecular weight is 342 g/mol. The van der Waals surface area contributed by atoms with Crippen molar-refractivity contribution < 1.29 is 14.3 Å².